The van der Waals surface area contributed by atoms with E-state index in [0.717, 1.165) is 17.7 Å². The number of aliphatic hydroxyl groups is 1. The van der Waals surface area contributed by atoms with Gasteiger partial charge in [-0.3, -0.25) is 9.59 Å². The van der Waals surface area contributed by atoms with E-state index >= 15 is 0 Å². The fourth-order valence-electron chi connectivity index (χ4n) is 2.48. The number of nitrogens with one attached hydrogen (secondary N) is 2. The Bertz CT molecular complexity index is 544. The summed E-state index contributed by atoms with van der Waals surface area (Å²) in [6.07, 6.45) is 0.0663. The second kappa shape index (κ2) is 6.69. The zero-order valence-electron chi connectivity index (χ0n) is 11.9. The standard InChI is InChI=1S/C15H20N2O4/c1-2-5-16-12(8-14(19)20)15(21)9-3-4-11-10(6-9)7-13(18)17-11/h3-4,6,12,15-16,21H,2,5,7-8H2,1H3,(H,17,18)(H,19,20). The van der Waals surface area contributed by atoms with Gasteiger partial charge in [0.1, 0.15) is 0 Å². The third kappa shape index (κ3) is 3.80. The van der Waals surface area contributed by atoms with Crippen LogP contribution in [-0.2, 0) is 16.0 Å². The zero-order valence-corrected chi connectivity index (χ0v) is 11.9. The molecule has 1 heterocycles. The highest BCUT2D eigenvalue weighted by molar-refractivity contribution is 5.99. The molecule has 0 aliphatic carbocycles. The molecule has 114 valence electrons. The van der Waals surface area contributed by atoms with Crippen LogP contribution in [0.1, 0.15) is 37.0 Å². The lowest BCUT2D eigenvalue weighted by Crippen LogP contribution is -2.37. The molecule has 2 atom stereocenters. The molecule has 0 bridgehead atoms. The molecule has 6 nitrogen and oxygen atoms in total. The third-order valence-electron chi connectivity index (χ3n) is 3.53. The minimum absolute atomic E-state index is 0.0668. The van der Waals surface area contributed by atoms with E-state index in [-0.39, 0.29) is 12.3 Å². The highest BCUT2D eigenvalue weighted by atomic mass is 16.4. The van der Waals surface area contributed by atoms with Gasteiger partial charge >= 0.3 is 5.97 Å². The molecular formula is C15H20N2O4. The molecule has 1 amide bonds. The van der Waals surface area contributed by atoms with Crippen molar-refractivity contribution in [2.24, 2.45) is 0 Å². The number of hydrogen-bond acceptors (Lipinski definition) is 4. The number of hydrogen-bond donors (Lipinski definition) is 4. The molecule has 0 fully saturated rings. The predicted octanol–water partition coefficient (Wildman–Crippen LogP) is 1.06. The Morgan fingerprint density at radius 3 is 2.90 bits per heavy atom. The summed E-state index contributed by atoms with van der Waals surface area (Å²) in [6, 6.07) is 4.68. The average Bonchev–Trinajstić information content (AvgIpc) is 2.81. The van der Waals surface area contributed by atoms with Gasteiger partial charge in [-0.2, -0.15) is 0 Å². The van der Waals surface area contributed by atoms with Gasteiger partial charge in [0, 0.05) is 11.7 Å². The number of carboxylic acids is 1. The van der Waals surface area contributed by atoms with E-state index in [1.54, 1.807) is 18.2 Å². The SMILES string of the molecule is CCCNC(CC(=O)O)C(O)c1ccc2c(c1)CC(=O)N2. The second-order valence-corrected chi connectivity index (χ2v) is 5.24. The molecule has 0 saturated heterocycles. The van der Waals surface area contributed by atoms with Gasteiger partial charge in [0.2, 0.25) is 5.91 Å². The van der Waals surface area contributed by atoms with Gasteiger partial charge in [-0.1, -0.05) is 19.1 Å². The Kier molecular flexibility index (Phi) is 4.93. The number of fused-ring (bicyclic) bond motifs is 1. The van der Waals surface area contributed by atoms with E-state index in [0.29, 0.717) is 18.5 Å². The lowest BCUT2D eigenvalue weighted by Gasteiger charge is -2.23. The Balaban J connectivity index is 2.16. The molecule has 6 heteroatoms. The third-order valence-corrected chi connectivity index (χ3v) is 3.53. The molecule has 1 aromatic rings. The molecule has 0 radical (unpaired) electrons. The summed E-state index contributed by atoms with van der Waals surface area (Å²) in [5.41, 5.74) is 2.22. The number of carboxylic acid groups (broad SMARTS) is 1. The Morgan fingerprint density at radius 1 is 1.48 bits per heavy atom. The van der Waals surface area contributed by atoms with Gasteiger partial charge in [0.15, 0.2) is 0 Å². The topological polar surface area (TPSA) is 98.7 Å². The van der Waals surface area contributed by atoms with Crippen LogP contribution in [0.2, 0.25) is 0 Å². The Morgan fingerprint density at radius 2 is 2.24 bits per heavy atom. The largest absolute Gasteiger partial charge is 0.481 e. The fraction of sp³-hybridized carbons (Fsp3) is 0.467. The van der Waals surface area contributed by atoms with Crippen molar-refractivity contribution in [2.75, 3.05) is 11.9 Å². The number of carbonyl (C=O) groups excluding carboxylic acids is 1. The van der Waals surface area contributed by atoms with E-state index in [9.17, 15) is 14.7 Å². The van der Waals surface area contributed by atoms with Gasteiger partial charge in [0.05, 0.1) is 18.9 Å². The number of aliphatic carboxylic acids is 1. The van der Waals surface area contributed by atoms with Gasteiger partial charge in [0.25, 0.3) is 0 Å². The van der Waals surface area contributed by atoms with Crippen LogP contribution in [0.15, 0.2) is 18.2 Å². The molecule has 2 rings (SSSR count). The van der Waals surface area contributed by atoms with E-state index in [1.807, 2.05) is 6.92 Å². The second-order valence-electron chi connectivity index (χ2n) is 5.24. The smallest absolute Gasteiger partial charge is 0.305 e. The van der Waals surface area contributed by atoms with Crippen molar-refractivity contribution in [1.29, 1.82) is 0 Å². The molecule has 21 heavy (non-hydrogen) atoms. The summed E-state index contributed by atoms with van der Waals surface area (Å²) >= 11 is 0. The van der Waals surface area contributed by atoms with Gasteiger partial charge < -0.3 is 20.8 Å². The summed E-state index contributed by atoms with van der Waals surface area (Å²) in [5, 5.41) is 25.2. The minimum Gasteiger partial charge on any atom is -0.481 e. The molecule has 1 aliphatic rings. The molecule has 4 N–H and O–H groups in total. The molecule has 0 spiro atoms. The highest BCUT2D eigenvalue weighted by Gasteiger charge is 2.25. The van der Waals surface area contributed by atoms with Crippen LogP contribution in [0.3, 0.4) is 0 Å². The van der Waals surface area contributed by atoms with Crippen molar-refractivity contribution < 1.29 is 19.8 Å². The molecule has 0 aromatic heterocycles. The van der Waals surface area contributed by atoms with Crippen LogP contribution in [-0.4, -0.2) is 34.7 Å². The van der Waals surface area contributed by atoms with Crippen LogP contribution in [0, 0.1) is 0 Å². The van der Waals surface area contributed by atoms with E-state index < -0.39 is 18.1 Å². The van der Waals surface area contributed by atoms with Crippen LogP contribution >= 0.6 is 0 Å². The molecule has 2 unspecified atom stereocenters. The normalized spacial score (nSPS) is 16.2. The summed E-state index contributed by atoms with van der Waals surface area (Å²) in [4.78, 5) is 22.3. The first-order chi connectivity index (χ1) is 10.0. The fourth-order valence-corrected chi connectivity index (χ4v) is 2.48. The molecule has 0 saturated carbocycles. The number of rotatable bonds is 7. The monoisotopic (exact) mass is 292 g/mol. The number of carbonyl (C=O) groups is 2. The van der Waals surface area contributed by atoms with Crippen LogP contribution < -0.4 is 10.6 Å². The first-order valence-corrected chi connectivity index (χ1v) is 7.07. The van der Waals surface area contributed by atoms with E-state index in [2.05, 4.69) is 10.6 Å². The Hall–Kier alpha value is -1.92. The van der Waals surface area contributed by atoms with Crippen molar-refractivity contribution in [1.82, 2.24) is 5.32 Å². The number of benzene rings is 1. The van der Waals surface area contributed by atoms with Crippen molar-refractivity contribution in [3.63, 3.8) is 0 Å². The quantitative estimate of drug-likeness (QED) is 0.602. The number of amides is 1. The molecule has 1 aromatic carbocycles. The van der Waals surface area contributed by atoms with E-state index in [1.165, 1.54) is 0 Å². The van der Waals surface area contributed by atoms with Crippen molar-refractivity contribution in [2.45, 2.75) is 38.3 Å². The van der Waals surface area contributed by atoms with Crippen molar-refractivity contribution in [3.8, 4) is 0 Å². The Labute approximate surface area is 123 Å². The van der Waals surface area contributed by atoms with Crippen molar-refractivity contribution >= 4 is 17.6 Å². The maximum atomic E-state index is 11.3. The maximum absolute atomic E-state index is 11.3. The van der Waals surface area contributed by atoms with Gasteiger partial charge in [-0.15, -0.1) is 0 Å². The summed E-state index contributed by atoms with van der Waals surface area (Å²) < 4.78 is 0. The minimum atomic E-state index is -0.958. The molecular weight excluding hydrogens is 272 g/mol. The highest BCUT2D eigenvalue weighted by Crippen LogP contribution is 2.28. The summed E-state index contributed by atoms with van der Waals surface area (Å²) in [7, 11) is 0. The number of anilines is 1. The molecule has 1 aliphatic heterocycles. The van der Waals surface area contributed by atoms with Gasteiger partial charge in [-0.05, 0) is 30.2 Å². The zero-order chi connectivity index (χ0) is 15.4. The lowest BCUT2D eigenvalue weighted by molar-refractivity contribution is -0.138. The number of aliphatic hydroxyl groups excluding tert-OH is 1. The van der Waals surface area contributed by atoms with E-state index in [4.69, 9.17) is 5.11 Å². The average molecular weight is 292 g/mol. The van der Waals surface area contributed by atoms with Gasteiger partial charge in [-0.25, -0.2) is 0 Å². The maximum Gasteiger partial charge on any atom is 0.305 e. The summed E-state index contributed by atoms with van der Waals surface area (Å²) in [5.74, 6) is -1.02. The predicted molar refractivity (Wildman–Crippen MR) is 78.1 cm³/mol. The first kappa shape index (κ1) is 15.5. The van der Waals surface area contributed by atoms with Crippen LogP contribution in [0.5, 0.6) is 0 Å². The lowest BCUT2D eigenvalue weighted by atomic mass is 9.97. The van der Waals surface area contributed by atoms with Crippen LogP contribution in [0.4, 0.5) is 5.69 Å². The summed E-state index contributed by atoms with van der Waals surface area (Å²) in [6.45, 7) is 2.61. The van der Waals surface area contributed by atoms with Crippen LogP contribution in [0.25, 0.3) is 0 Å². The van der Waals surface area contributed by atoms with Crippen molar-refractivity contribution in [3.05, 3.63) is 29.3 Å². The first-order valence-electron chi connectivity index (χ1n) is 7.07.